The first-order chi connectivity index (χ1) is 18.6. The SMILES string of the molecule is CC1(C)c2ccccc2-c2cc(NC3=NC45C=CC=CC4N5C3c3ccccc3)c(-c3ccccc3)cc21. The molecule has 0 saturated carbocycles. The van der Waals surface area contributed by atoms with Crippen molar-refractivity contribution >= 4 is 11.5 Å². The van der Waals surface area contributed by atoms with Gasteiger partial charge in [0.05, 0.1) is 12.1 Å². The minimum atomic E-state index is -0.268. The van der Waals surface area contributed by atoms with Crippen molar-refractivity contribution in [1.82, 2.24) is 4.90 Å². The third-order valence-electron chi connectivity index (χ3n) is 8.85. The van der Waals surface area contributed by atoms with Crippen molar-refractivity contribution in [2.24, 2.45) is 4.99 Å². The molecule has 2 heterocycles. The predicted molar refractivity (Wildman–Crippen MR) is 156 cm³/mol. The molecule has 1 saturated heterocycles. The minimum absolute atomic E-state index is 0.0514. The molecule has 4 aliphatic rings. The van der Waals surface area contributed by atoms with Crippen molar-refractivity contribution in [3.05, 3.63) is 138 Å². The molecule has 2 aliphatic carbocycles. The van der Waals surface area contributed by atoms with Crippen LogP contribution >= 0.6 is 0 Å². The summed E-state index contributed by atoms with van der Waals surface area (Å²) in [6, 6.07) is 35.5. The zero-order valence-corrected chi connectivity index (χ0v) is 21.6. The Bertz CT molecular complexity index is 1680. The van der Waals surface area contributed by atoms with Gasteiger partial charge in [-0.2, -0.15) is 0 Å². The van der Waals surface area contributed by atoms with E-state index in [9.17, 15) is 0 Å². The summed E-state index contributed by atoms with van der Waals surface area (Å²) < 4.78 is 0. The van der Waals surface area contributed by atoms with Gasteiger partial charge in [-0.3, -0.25) is 0 Å². The van der Waals surface area contributed by atoms with Crippen molar-refractivity contribution in [2.45, 2.75) is 37.0 Å². The van der Waals surface area contributed by atoms with Gasteiger partial charge >= 0.3 is 0 Å². The molecule has 8 rings (SSSR count). The number of nitrogens with zero attached hydrogens (tertiary/aromatic N) is 2. The van der Waals surface area contributed by atoms with Gasteiger partial charge in [0, 0.05) is 16.7 Å². The first kappa shape index (κ1) is 21.8. The first-order valence-corrected chi connectivity index (χ1v) is 13.5. The summed E-state index contributed by atoms with van der Waals surface area (Å²) in [5.41, 5.74) is 9.87. The van der Waals surface area contributed by atoms with Crippen LogP contribution in [0.25, 0.3) is 22.3 Å². The van der Waals surface area contributed by atoms with E-state index >= 15 is 0 Å². The van der Waals surface area contributed by atoms with Gasteiger partial charge in [-0.1, -0.05) is 117 Å². The van der Waals surface area contributed by atoms with Crippen LogP contribution in [-0.4, -0.2) is 22.4 Å². The molecule has 4 aromatic carbocycles. The van der Waals surface area contributed by atoms with Gasteiger partial charge in [0.2, 0.25) is 0 Å². The normalized spacial score (nSPS) is 26.7. The number of hydrogen-bond acceptors (Lipinski definition) is 3. The van der Waals surface area contributed by atoms with Gasteiger partial charge in [0.25, 0.3) is 0 Å². The number of benzene rings is 4. The summed E-state index contributed by atoms with van der Waals surface area (Å²) >= 11 is 0. The Hall–Kier alpha value is -4.21. The molecular formula is C35H29N3. The van der Waals surface area contributed by atoms with Crippen molar-refractivity contribution in [3.8, 4) is 22.3 Å². The number of fused-ring (bicyclic) bond motifs is 4. The third kappa shape index (κ3) is 2.91. The van der Waals surface area contributed by atoms with Crippen molar-refractivity contribution in [1.29, 1.82) is 0 Å². The van der Waals surface area contributed by atoms with Gasteiger partial charge in [-0.25, -0.2) is 9.89 Å². The molecule has 1 fully saturated rings. The molecule has 0 amide bonds. The van der Waals surface area contributed by atoms with Crippen molar-refractivity contribution < 1.29 is 0 Å². The Kier molecular flexibility index (Phi) is 4.40. The Morgan fingerprint density at radius 3 is 2.29 bits per heavy atom. The highest BCUT2D eigenvalue weighted by atomic mass is 15.6. The Morgan fingerprint density at radius 1 is 0.737 bits per heavy atom. The molecule has 0 radical (unpaired) electrons. The fourth-order valence-electron chi connectivity index (χ4n) is 6.93. The molecule has 3 heteroatoms. The molecule has 3 nitrogen and oxygen atoms in total. The number of anilines is 1. The highest BCUT2D eigenvalue weighted by molar-refractivity contribution is 6.06. The van der Waals surface area contributed by atoms with Crippen LogP contribution < -0.4 is 5.32 Å². The lowest BCUT2D eigenvalue weighted by Gasteiger charge is -2.24. The maximum atomic E-state index is 5.36. The van der Waals surface area contributed by atoms with Crippen LogP contribution in [0.4, 0.5) is 5.69 Å². The molecule has 1 spiro atoms. The van der Waals surface area contributed by atoms with Gasteiger partial charge in [0.15, 0.2) is 5.66 Å². The number of rotatable bonds is 3. The number of aliphatic imine (C=N–C) groups is 1. The topological polar surface area (TPSA) is 27.4 Å². The molecule has 1 N–H and O–H groups in total. The smallest absolute Gasteiger partial charge is 0.155 e. The van der Waals surface area contributed by atoms with E-state index in [0.29, 0.717) is 6.04 Å². The maximum Gasteiger partial charge on any atom is 0.155 e. The van der Waals surface area contributed by atoms with E-state index in [1.54, 1.807) is 0 Å². The number of allylic oxidation sites excluding steroid dienone is 2. The van der Waals surface area contributed by atoms with E-state index in [1.807, 2.05) is 0 Å². The van der Waals surface area contributed by atoms with Crippen LogP contribution in [0.3, 0.4) is 0 Å². The van der Waals surface area contributed by atoms with E-state index in [2.05, 4.69) is 145 Å². The molecule has 4 aromatic rings. The summed E-state index contributed by atoms with van der Waals surface area (Å²) in [6.45, 7) is 4.68. The molecule has 184 valence electrons. The zero-order valence-electron chi connectivity index (χ0n) is 21.6. The standard InChI is InChI=1S/C35H29N3/c1-34(2)28-18-10-9-17-25(28)27-22-30(26(21-29(27)34)23-13-5-3-6-14-23)36-33-32(24-15-7-4-8-16-24)38-31-19-11-12-20-35(31,38)37-33/h3-22,31-32H,1-2H3,(H,36,37). The summed E-state index contributed by atoms with van der Waals surface area (Å²) in [6.07, 6.45) is 8.81. The van der Waals surface area contributed by atoms with E-state index in [-0.39, 0.29) is 17.1 Å². The fourth-order valence-corrected chi connectivity index (χ4v) is 6.93. The van der Waals surface area contributed by atoms with Crippen LogP contribution in [0.2, 0.25) is 0 Å². The Labute approximate surface area is 223 Å². The molecule has 2 aliphatic heterocycles. The van der Waals surface area contributed by atoms with Crippen LogP contribution in [0.1, 0.15) is 36.6 Å². The van der Waals surface area contributed by atoms with Gasteiger partial charge < -0.3 is 5.32 Å². The fraction of sp³-hybridized carbons (Fsp3) is 0.171. The van der Waals surface area contributed by atoms with Crippen molar-refractivity contribution in [3.63, 3.8) is 0 Å². The average molecular weight is 492 g/mol. The highest BCUT2D eigenvalue weighted by Crippen LogP contribution is 2.58. The van der Waals surface area contributed by atoms with Crippen LogP contribution in [0, 0.1) is 0 Å². The second-order valence-electron chi connectivity index (χ2n) is 11.3. The lowest BCUT2D eigenvalue weighted by atomic mass is 9.81. The maximum absolute atomic E-state index is 5.36. The predicted octanol–water partition coefficient (Wildman–Crippen LogP) is 7.73. The number of amidine groups is 1. The van der Waals surface area contributed by atoms with E-state index < -0.39 is 0 Å². The van der Waals surface area contributed by atoms with Crippen LogP contribution in [0.15, 0.2) is 126 Å². The number of nitrogens with one attached hydrogen (secondary N) is 1. The Morgan fingerprint density at radius 2 is 1.47 bits per heavy atom. The second kappa shape index (κ2) is 7.66. The lowest BCUT2D eigenvalue weighted by molar-refractivity contribution is 0.449. The molecule has 38 heavy (non-hydrogen) atoms. The highest BCUT2D eigenvalue weighted by Gasteiger charge is 2.68. The molecular weight excluding hydrogens is 462 g/mol. The second-order valence-corrected chi connectivity index (χ2v) is 11.3. The summed E-state index contributed by atoms with van der Waals surface area (Å²) in [7, 11) is 0. The summed E-state index contributed by atoms with van der Waals surface area (Å²) in [5, 5.41) is 3.88. The number of hydrogen-bond donors (Lipinski definition) is 1. The average Bonchev–Trinajstić information content (AvgIpc) is 3.40. The van der Waals surface area contributed by atoms with Gasteiger partial charge in [-0.05, 0) is 51.6 Å². The van der Waals surface area contributed by atoms with Gasteiger partial charge in [0.1, 0.15) is 5.84 Å². The van der Waals surface area contributed by atoms with Crippen LogP contribution in [0.5, 0.6) is 0 Å². The molecule has 4 atom stereocenters. The summed E-state index contributed by atoms with van der Waals surface area (Å²) in [5.74, 6) is 1.01. The van der Waals surface area contributed by atoms with E-state index in [4.69, 9.17) is 4.99 Å². The van der Waals surface area contributed by atoms with E-state index in [1.165, 1.54) is 38.9 Å². The Balaban J connectivity index is 1.30. The third-order valence-corrected chi connectivity index (χ3v) is 8.85. The van der Waals surface area contributed by atoms with Gasteiger partial charge in [-0.15, -0.1) is 0 Å². The lowest BCUT2D eigenvalue weighted by Crippen LogP contribution is -2.26. The van der Waals surface area contributed by atoms with E-state index in [0.717, 1.165) is 11.5 Å². The molecule has 0 aromatic heterocycles. The minimum Gasteiger partial charge on any atom is -0.342 e. The van der Waals surface area contributed by atoms with Crippen LogP contribution in [-0.2, 0) is 5.41 Å². The quantitative estimate of drug-likeness (QED) is 0.297. The molecule has 4 unspecified atom stereocenters. The van der Waals surface area contributed by atoms with Crippen molar-refractivity contribution in [2.75, 3.05) is 5.32 Å². The zero-order chi connectivity index (χ0) is 25.5. The monoisotopic (exact) mass is 491 g/mol. The molecule has 0 bridgehead atoms. The summed E-state index contributed by atoms with van der Waals surface area (Å²) in [4.78, 5) is 7.88. The first-order valence-electron chi connectivity index (χ1n) is 13.5. The largest absolute Gasteiger partial charge is 0.342 e.